The maximum absolute atomic E-state index is 12.4. The van der Waals surface area contributed by atoms with Crippen LogP contribution in [0.15, 0.2) is 44.6 Å². The van der Waals surface area contributed by atoms with E-state index in [1.165, 1.54) is 4.57 Å². The minimum atomic E-state index is -3.38. The summed E-state index contributed by atoms with van der Waals surface area (Å²) in [6.07, 6.45) is 4.02. The molecule has 0 atom stereocenters. The number of benzene rings is 1. The highest BCUT2D eigenvalue weighted by Crippen LogP contribution is 2.38. The Morgan fingerprint density at radius 2 is 1.96 bits per heavy atom. The van der Waals surface area contributed by atoms with Crippen molar-refractivity contribution >= 4 is 20.8 Å². The SMILES string of the molecule is CCS(=O)(=O)c1ccc(OCC2CC2)c(-c2cn(C)c(=O)c3oc(C)cc23)c1. The molecule has 28 heavy (non-hydrogen) atoms. The van der Waals surface area contributed by atoms with Gasteiger partial charge in [-0.1, -0.05) is 6.92 Å². The fraction of sp³-hybridized carbons (Fsp3) is 0.381. The van der Waals surface area contributed by atoms with Gasteiger partial charge in [0.2, 0.25) is 0 Å². The topological polar surface area (TPSA) is 78.5 Å². The van der Waals surface area contributed by atoms with Gasteiger partial charge in [0.05, 0.1) is 17.3 Å². The Labute approximate surface area is 163 Å². The zero-order valence-corrected chi connectivity index (χ0v) is 17.0. The second-order valence-corrected chi connectivity index (χ2v) is 9.65. The third-order valence-corrected chi connectivity index (χ3v) is 6.87. The molecule has 148 valence electrons. The van der Waals surface area contributed by atoms with E-state index in [4.69, 9.17) is 9.15 Å². The van der Waals surface area contributed by atoms with E-state index in [1.54, 1.807) is 51.4 Å². The third kappa shape index (κ3) is 3.35. The molecule has 0 N–H and O–H groups in total. The van der Waals surface area contributed by atoms with E-state index >= 15 is 0 Å². The van der Waals surface area contributed by atoms with Crippen LogP contribution in [0.5, 0.6) is 5.75 Å². The van der Waals surface area contributed by atoms with E-state index in [1.807, 2.05) is 0 Å². The monoisotopic (exact) mass is 401 g/mol. The largest absolute Gasteiger partial charge is 0.493 e. The van der Waals surface area contributed by atoms with Crippen molar-refractivity contribution in [1.82, 2.24) is 4.57 Å². The van der Waals surface area contributed by atoms with Crippen molar-refractivity contribution < 1.29 is 17.6 Å². The Morgan fingerprint density at radius 3 is 2.64 bits per heavy atom. The molecule has 4 rings (SSSR count). The maximum atomic E-state index is 12.4. The molecule has 1 fully saturated rings. The van der Waals surface area contributed by atoms with Crippen molar-refractivity contribution in [2.45, 2.75) is 31.6 Å². The molecule has 0 bridgehead atoms. The van der Waals surface area contributed by atoms with Crippen molar-refractivity contribution in [3.8, 4) is 16.9 Å². The molecule has 0 aliphatic heterocycles. The van der Waals surface area contributed by atoms with E-state index < -0.39 is 9.84 Å². The zero-order valence-electron chi connectivity index (χ0n) is 16.2. The van der Waals surface area contributed by atoms with Gasteiger partial charge in [-0.15, -0.1) is 0 Å². The van der Waals surface area contributed by atoms with Crippen LogP contribution < -0.4 is 10.3 Å². The molecule has 1 aliphatic carbocycles. The first-order valence-electron chi connectivity index (χ1n) is 9.40. The van der Waals surface area contributed by atoms with E-state index in [0.717, 1.165) is 12.8 Å². The predicted octanol–water partition coefficient (Wildman–Crippen LogP) is 3.69. The van der Waals surface area contributed by atoms with Crippen LogP contribution in [0.1, 0.15) is 25.5 Å². The van der Waals surface area contributed by atoms with E-state index in [2.05, 4.69) is 0 Å². The maximum Gasteiger partial charge on any atom is 0.293 e. The Balaban J connectivity index is 1.96. The summed E-state index contributed by atoms with van der Waals surface area (Å²) in [5, 5.41) is 0.655. The number of ether oxygens (including phenoxy) is 1. The molecule has 2 heterocycles. The predicted molar refractivity (Wildman–Crippen MR) is 108 cm³/mol. The average Bonchev–Trinajstić information content (AvgIpc) is 3.42. The highest BCUT2D eigenvalue weighted by atomic mass is 32.2. The van der Waals surface area contributed by atoms with Crippen molar-refractivity contribution in [1.29, 1.82) is 0 Å². The van der Waals surface area contributed by atoms with Gasteiger partial charge in [-0.2, -0.15) is 0 Å². The summed E-state index contributed by atoms with van der Waals surface area (Å²) < 4.78 is 38.0. The summed E-state index contributed by atoms with van der Waals surface area (Å²) in [6, 6.07) is 6.74. The Morgan fingerprint density at radius 1 is 1.21 bits per heavy atom. The number of nitrogens with zero attached hydrogens (tertiary/aromatic N) is 1. The summed E-state index contributed by atoms with van der Waals surface area (Å²) in [5.41, 5.74) is 1.39. The average molecular weight is 401 g/mol. The molecule has 3 aromatic rings. The van der Waals surface area contributed by atoms with Gasteiger partial charge in [0.15, 0.2) is 15.4 Å². The molecule has 0 spiro atoms. The van der Waals surface area contributed by atoms with Crippen molar-refractivity contribution in [3.05, 3.63) is 46.6 Å². The van der Waals surface area contributed by atoms with E-state index in [0.29, 0.717) is 40.5 Å². The standard InChI is InChI=1S/C21H23NO5S/c1-4-28(24,25)15-7-8-19(26-12-14-5-6-14)16(10-15)18-11-22(3)21(23)20-17(18)9-13(2)27-20/h7-11,14H,4-6,12H2,1-3H3. The zero-order chi connectivity index (χ0) is 20.1. The van der Waals surface area contributed by atoms with Crippen LogP contribution in [0, 0.1) is 12.8 Å². The van der Waals surface area contributed by atoms with Crippen LogP contribution in [-0.4, -0.2) is 25.3 Å². The molecular formula is C21H23NO5S. The number of fused-ring (bicyclic) bond motifs is 1. The van der Waals surface area contributed by atoms with E-state index in [-0.39, 0.29) is 21.8 Å². The molecule has 1 aliphatic rings. The second kappa shape index (κ2) is 6.81. The smallest absolute Gasteiger partial charge is 0.293 e. The summed E-state index contributed by atoms with van der Waals surface area (Å²) in [5.74, 6) is 1.81. The molecule has 0 amide bonds. The first kappa shape index (κ1) is 18.8. The summed E-state index contributed by atoms with van der Waals surface area (Å²) >= 11 is 0. The molecule has 7 heteroatoms. The Bertz CT molecular complexity index is 1220. The van der Waals surface area contributed by atoms with Crippen LogP contribution in [0.25, 0.3) is 22.1 Å². The fourth-order valence-corrected chi connectivity index (χ4v) is 4.17. The van der Waals surface area contributed by atoms with Crippen LogP contribution >= 0.6 is 0 Å². The van der Waals surface area contributed by atoms with Crippen LogP contribution in [0.2, 0.25) is 0 Å². The third-order valence-electron chi connectivity index (χ3n) is 5.13. The van der Waals surface area contributed by atoms with Gasteiger partial charge in [-0.25, -0.2) is 8.42 Å². The Hall–Kier alpha value is -2.54. The number of hydrogen-bond acceptors (Lipinski definition) is 5. The number of aryl methyl sites for hydroxylation is 2. The minimum absolute atomic E-state index is 0.0161. The normalized spacial score (nSPS) is 14.5. The van der Waals surface area contributed by atoms with Crippen LogP contribution in [0.3, 0.4) is 0 Å². The lowest BCUT2D eigenvalue weighted by Crippen LogP contribution is -2.16. The van der Waals surface area contributed by atoms with Gasteiger partial charge < -0.3 is 13.7 Å². The molecule has 1 saturated carbocycles. The van der Waals surface area contributed by atoms with Gasteiger partial charge >= 0.3 is 0 Å². The van der Waals surface area contributed by atoms with Crippen LogP contribution in [-0.2, 0) is 16.9 Å². The number of furan rings is 1. The Kier molecular flexibility index (Phi) is 4.57. The van der Waals surface area contributed by atoms with Gasteiger partial charge in [0, 0.05) is 29.8 Å². The van der Waals surface area contributed by atoms with Gasteiger partial charge in [0.1, 0.15) is 11.5 Å². The van der Waals surface area contributed by atoms with Crippen molar-refractivity contribution in [3.63, 3.8) is 0 Å². The number of pyridine rings is 1. The first-order chi connectivity index (χ1) is 13.3. The molecule has 6 nitrogen and oxygen atoms in total. The highest BCUT2D eigenvalue weighted by Gasteiger charge is 2.24. The lowest BCUT2D eigenvalue weighted by Gasteiger charge is -2.15. The van der Waals surface area contributed by atoms with Gasteiger partial charge in [0.25, 0.3) is 5.56 Å². The van der Waals surface area contributed by atoms with Crippen molar-refractivity contribution in [2.75, 3.05) is 12.4 Å². The number of sulfone groups is 1. The highest BCUT2D eigenvalue weighted by molar-refractivity contribution is 7.91. The molecule has 2 aromatic heterocycles. The quantitative estimate of drug-likeness (QED) is 0.629. The minimum Gasteiger partial charge on any atom is -0.493 e. The van der Waals surface area contributed by atoms with Crippen molar-refractivity contribution in [2.24, 2.45) is 13.0 Å². The lowest BCUT2D eigenvalue weighted by molar-refractivity contribution is 0.301. The van der Waals surface area contributed by atoms with Gasteiger partial charge in [-0.05, 0) is 49.9 Å². The summed E-state index contributed by atoms with van der Waals surface area (Å²) in [4.78, 5) is 12.7. The first-order valence-corrected chi connectivity index (χ1v) is 11.0. The molecule has 1 aromatic carbocycles. The van der Waals surface area contributed by atoms with Crippen LogP contribution in [0.4, 0.5) is 0 Å². The second-order valence-electron chi connectivity index (χ2n) is 7.37. The number of rotatable bonds is 6. The summed E-state index contributed by atoms with van der Waals surface area (Å²) in [7, 11) is -1.72. The molecule has 0 saturated heterocycles. The molecular weight excluding hydrogens is 378 g/mol. The molecule has 0 radical (unpaired) electrons. The number of aromatic nitrogens is 1. The number of hydrogen-bond donors (Lipinski definition) is 0. The fourth-order valence-electron chi connectivity index (χ4n) is 3.27. The molecule has 0 unspecified atom stereocenters. The lowest BCUT2D eigenvalue weighted by atomic mass is 10.0. The van der Waals surface area contributed by atoms with Gasteiger partial charge in [-0.3, -0.25) is 4.79 Å². The summed E-state index contributed by atoms with van der Waals surface area (Å²) in [6.45, 7) is 4.01. The van der Waals surface area contributed by atoms with E-state index in [9.17, 15) is 13.2 Å².